The number of hydrogen-bond acceptors (Lipinski definition) is 1. The van der Waals surface area contributed by atoms with Gasteiger partial charge in [-0.15, -0.1) is 0 Å². The molecular weight excluding hydrogens is 393 g/mol. The molecule has 0 radical (unpaired) electrons. The van der Waals surface area contributed by atoms with E-state index >= 15 is 0 Å². The van der Waals surface area contributed by atoms with Gasteiger partial charge < -0.3 is 0 Å². The Hall–Kier alpha value is -1.66. The molecule has 0 aliphatic heterocycles. The third-order valence-corrected chi connectivity index (χ3v) is 13.4. The minimum absolute atomic E-state index is 0.475. The van der Waals surface area contributed by atoms with Gasteiger partial charge in [0, 0.05) is 0 Å². The van der Waals surface area contributed by atoms with Crippen LogP contribution in [-0.2, 0) is 0 Å². The molecule has 0 aliphatic carbocycles. The molecule has 0 fully saturated rings. The van der Waals surface area contributed by atoms with Crippen molar-refractivity contribution in [3.05, 3.63) is 91.0 Å². The molecule has 0 spiro atoms. The molecule has 0 aliphatic rings. The van der Waals surface area contributed by atoms with E-state index in [2.05, 4.69) is 124 Å². The first-order valence-corrected chi connectivity index (χ1v) is 13.9. The minimum atomic E-state index is -3.16. The molecule has 0 bridgehead atoms. The van der Waals surface area contributed by atoms with Gasteiger partial charge in [0.15, 0.2) is 0 Å². The van der Waals surface area contributed by atoms with E-state index < -0.39 is 5.96 Å². The molecule has 154 valence electrons. The van der Waals surface area contributed by atoms with Gasteiger partial charge in [0.05, 0.1) is 0 Å². The number of rotatable bonds is 8. The number of benzene rings is 3. The molecule has 0 N–H and O–H groups in total. The molecule has 3 aromatic rings. The predicted octanol–water partition coefficient (Wildman–Crippen LogP) is 5.79. The van der Waals surface area contributed by atoms with E-state index in [1.54, 1.807) is 0 Å². The monoisotopic (exact) mass is 425 g/mol. The summed E-state index contributed by atoms with van der Waals surface area (Å²) >= 11 is 8.13. The first kappa shape index (κ1) is 22.0. The van der Waals surface area contributed by atoms with Gasteiger partial charge in [-0.3, -0.25) is 0 Å². The van der Waals surface area contributed by atoms with Gasteiger partial charge in [0.1, 0.15) is 0 Å². The Morgan fingerprint density at radius 1 is 0.621 bits per heavy atom. The molecule has 0 atom stereocenters. The summed E-state index contributed by atoms with van der Waals surface area (Å²) in [5, 5.41) is 3.72. The van der Waals surface area contributed by atoms with Gasteiger partial charge in [-0.05, 0) is 0 Å². The fourth-order valence-corrected chi connectivity index (χ4v) is 10.4. The fraction of sp³-hybridized carbons (Fsp3) is 0.308. The van der Waals surface area contributed by atoms with Crippen LogP contribution >= 0.6 is 17.2 Å². The maximum absolute atomic E-state index is 8.13. The van der Waals surface area contributed by atoms with Gasteiger partial charge in [-0.25, -0.2) is 0 Å². The molecule has 3 aromatic carbocycles. The van der Waals surface area contributed by atoms with Crippen molar-refractivity contribution in [3.63, 3.8) is 0 Å². The summed E-state index contributed by atoms with van der Waals surface area (Å²) in [6.45, 7) is 10.1. The van der Waals surface area contributed by atoms with E-state index in [-0.39, 0.29) is 0 Å². The van der Waals surface area contributed by atoms with E-state index in [9.17, 15) is 0 Å². The van der Waals surface area contributed by atoms with Crippen LogP contribution in [0.15, 0.2) is 91.0 Å². The van der Waals surface area contributed by atoms with Crippen molar-refractivity contribution in [2.45, 2.75) is 39.8 Å². The van der Waals surface area contributed by atoms with Crippen molar-refractivity contribution in [3.8, 4) is 0 Å². The Balaban J connectivity index is 2.27. The molecular formula is C26H33ClNP. The summed E-state index contributed by atoms with van der Waals surface area (Å²) in [7, 11) is 0. The molecule has 29 heavy (non-hydrogen) atoms. The van der Waals surface area contributed by atoms with Crippen molar-refractivity contribution in [2.75, 3.05) is 12.7 Å². The van der Waals surface area contributed by atoms with E-state index in [1.807, 2.05) is 0 Å². The van der Waals surface area contributed by atoms with Crippen molar-refractivity contribution >= 4 is 33.1 Å². The molecule has 0 amide bonds. The molecule has 0 heterocycles. The summed E-state index contributed by atoms with van der Waals surface area (Å²) in [5.41, 5.74) is 0. The van der Waals surface area contributed by atoms with Crippen molar-refractivity contribution in [2.24, 2.45) is 0 Å². The van der Waals surface area contributed by atoms with Gasteiger partial charge in [-0.1, -0.05) is 0 Å². The Bertz CT molecular complexity index is 786. The second-order valence-electron chi connectivity index (χ2n) is 8.34. The summed E-state index contributed by atoms with van der Waals surface area (Å²) < 4.78 is 0. The quantitative estimate of drug-likeness (QED) is 0.413. The summed E-state index contributed by atoms with van der Waals surface area (Å²) in [5.74, 6) is -3.16. The average Bonchev–Trinajstić information content (AvgIpc) is 2.75. The van der Waals surface area contributed by atoms with Crippen molar-refractivity contribution in [1.82, 2.24) is 4.90 Å². The number of halogens is 1. The van der Waals surface area contributed by atoms with Gasteiger partial charge >= 0.3 is 181 Å². The third-order valence-electron chi connectivity index (χ3n) is 5.99. The zero-order valence-corrected chi connectivity index (χ0v) is 19.7. The third kappa shape index (κ3) is 4.15. The Morgan fingerprint density at radius 2 is 0.931 bits per heavy atom. The van der Waals surface area contributed by atoms with Gasteiger partial charge in [0.2, 0.25) is 0 Å². The Morgan fingerprint density at radius 3 is 1.21 bits per heavy atom. The molecule has 0 saturated carbocycles. The van der Waals surface area contributed by atoms with E-state index in [4.69, 9.17) is 11.2 Å². The van der Waals surface area contributed by atoms with Crippen molar-refractivity contribution in [1.29, 1.82) is 0 Å². The first-order chi connectivity index (χ1) is 13.9. The Kier molecular flexibility index (Phi) is 6.84. The summed E-state index contributed by atoms with van der Waals surface area (Å²) in [4.78, 5) is 2.55. The standard InChI is InChI=1S/C26H33ClNP/c1-22(2)28(23(3)4)20-21-29(27,24-14-8-5-9-15-24,25-16-10-6-11-17-25)26-18-12-7-13-19-26/h5-19,22-23H,20-21H2,1-4H3. The fourth-order valence-electron chi connectivity index (χ4n) is 4.47. The molecule has 0 unspecified atom stereocenters. The zero-order valence-electron chi connectivity index (χ0n) is 18.0. The second kappa shape index (κ2) is 9.00. The number of hydrogen-bond donors (Lipinski definition) is 0. The van der Waals surface area contributed by atoms with Crippen LogP contribution in [0, 0.1) is 0 Å². The maximum atomic E-state index is 8.13. The normalized spacial score (nSPS) is 13.6. The summed E-state index contributed by atoms with van der Waals surface area (Å²) in [6, 6.07) is 33.2. The van der Waals surface area contributed by atoms with Crippen LogP contribution in [-0.4, -0.2) is 29.7 Å². The topological polar surface area (TPSA) is 3.24 Å². The van der Waals surface area contributed by atoms with Crippen LogP contribution in [0.5, 0.6) is 0 Å². The van der Waals surface area contributed by atoms with Crippen LogP contribution in [0.3, 0.4) is 0 Å². The van der Waals surface area contributed by atoms with Crippen LogP contribution in [0.4, 0.5) is 0 Å². The Labute approximate surface area is 181 Å². The predicted molar refractivity (Wildman–Crippen MR) is 133 cm³/mol. The van der Waals surface area contributed by atoms with Crippen LogP contribution in [0.2, 0.25) is 0 Å². The number of nitrogens with zero attached hydrogens (tertiary/aromatic N) is 1. The zero-order chi connectivity index (χ0) is 20.9. The SMILES string of the molecule is CC(C)N(CCP(Cl)(c1ccccc1)(c1ccccc1)c1ccccc1)C(C)C. The molecule has 0 saturated heterocycles. The molecule has 3 heteroatoms. The molecule has 3 rings (SSSR count). The van der Waals surface area contributed by atoms with Gasteiger partial charge in [0.25, 0.3) is 0 Å². The van der Waals surface area contributed by atoms with Gasteiger partial charge in [-0.2, -0.15) is 0 Å². The van der Waals surface area contributed by atoms with Crippen LogP contribution < -0.4 is 15.9 Å². The van der Waals surface area contributed by atoms with Crippen LogP contribution in [0.1, 0.15) is 27.7 Å². The second-order valence-corrected chi connectivity index (χ2v) is 14.9. The van der Waals surface area contributed by atoms with Crippen LogP contribution in [0.25, 0.3) is 0 Å². The van der Waals surface area contributed by atoms with E-state index in [1.165, 1.54) is 15.9 Å². The van der Waals surface area contributed by atoms with E-state index in [0.29, 0.717) is 12.1 Å². The van der Waals surface area contributed by atoms with E-state index in [0.717, 1.165) is 12.7 Å². The molecule has 0 aromatic heterocycles. The first-order valence-electron chi connectivity index (χ1n) is 10.5. The average molecular weight is 426 g/mol. The summed E-state index contributed by atoms with van der Waals surface area (Å²) in [6.07, 6.45) is 0.904. The van der Waals surface area contributed by atoms with Crippen molar-refractivity contribution < 1.29 is 0 Å². The molecule has 1 nitrogen and oxygen atoms in total.